The molecular weight excluding hydrogens is 270 g/mol. The van der Waals surface area contributed by atoms with Gasteiger partial charge in [0, 0.05) is 25.8 Å². The van der Waals surface area contributed by atoms with Crippen LogP contribution in [0.15, 0.2) is 28.9 Å². The highest BCUT2D eigenvalue weighted by Gasteiger charge is 2.21. The molecule has 1 N–H and O–H groups in total. The van der Waals surface area contributed by atoms with Gasteiger partial charge in [-0.3, -0.25) is 4.90 Å². The number of nitrogens with zero attached hydrogens (tertiary/aromatic N) is 4. The fraction of sp³-hybridized carbons (Fsp3) is 0.500. The quantitative estimate of drug-likeness (QED) is 0.882. The van der Waals surface area contributed by atoms with Gasteiger partial charge in [0.1, 0.15) is 11.6 Å². The van der Waals surface area contributed by atoms with Crippen LogP contribution in [0.5, 0.6) is 0 Å². The predicted octanol–water partition coefficient (Wildman–Crippen LogP) is 1.09. The largest absolute Gasteiger partial charge is 0.445 e. The van der Waals surface area contributed by atoms with Crippen molar-refractivity contribution in [1.82, 2.24) is 20.1 Å². The lowest BCUT2D eigenvalue weighted by molar-refractivity contribution is -0.0264. The maximum atomic E-state index is 5.77. The Bertz CT molecular complexity index is 560. The second-order valence-corrected chi connectivity index (χ2v) is 5.08. The van der Waals surface area contributed by atoms with E-state index in [1.807, 2.05) is 19.1 Å². The first kappa shape index (κ1) is 14.0. The van der Waals surface area contributed by atoms with Crippen molar-refractivity contribution < 1.29 is 9.15 Å². The third kappa shape index (κ3) is 3.99. The summed E-state index contributed by atoms with van der Waals surface area (Å²) in [4.78, 5) is 6.53. The van der Waals surface area contributed by atoms with Crippen molar-refractivity contribution in [2.45, 2.75) is 19.6 Å². The SMILES string of the molecule is Cc1cnc(CN2CCO[C@H](CNc3cccnn3)C2)o1. The van der Waals surface area contributed by atoms with Crippen LogP contribution in [-0.4, -0.2) is 52.4 Å². The van der Waals surface area contributed by atoms with Crippen LogP contribution in [0, 0.1) is 6.92 Å². The molecular formula is C14H19N5O2. The van der Waals surface area contributed by atoms with Crippen LogP contribution >= 0.6 is 0 Å². The second kappa shape index (κ2) is 6.64. The molecule has 3 rings (SSSR count). The number of ether oxygens (including phenoxy) is 1. The molecule has 112 valence electrons. The Morgan fingerprint density at radius 3 is 3.19 bits per heavy atom. The normalized spacial score (nSPS) is 19.6. The van der Waals surface area contributed by atoms with Crippen LogP contribution in [0.25, 0.3) is 0 Å². The number of hydrogen-bond acceptors (Lipinski definition) is 7. The molecule has 2 aromatic heterocycles. The van der Waals surface area contributed by atoms with E-state index in [1.165, 1.54) is 0 Å². The lowest BCUT2D eigenvalue weighted by Gasteiger charge is -2.32. The third-order valence-corrected chi connectivity index (χ3v) is 3.33. The summed E-state index contributed by atoms with van der Waals surface area (Å²) in [6, 6.07) is 3.75. The summed E-state index contributed by atoms with van der Waals surface area (Å²) in [7, 11) is 0. The maximum Gasteiger partial charge on any atom is 0.208 e. The smallest absolute Gasteiger partial charge is 0.208 e. The number of aryl methyl sites for hydroxylation is 1. The molecule has 0 amide bonds. The summed E-state index contributed by atoms with van der Waals surface area (Å²) in [5.41, 5.74) is 0. The van der Waals surface area contributed by atoms with Gasteiger partial charge in [0.05, 0.1) is 25.5 Å². The minimum atomic E-state index is 0.122. The molecule has 21 heavy (non-hydrogen) atoms. The van der Waals surface area contributed by atoms with E-state index in [2.05, 4.69) is 25.4 Å². The molecule has 1 fully saturated rings. The summed E-state index contributed by atoms with van der Waals surface area (Å²) in [5.74, 6) is 2.37. The number of nitrogens with one attached hydrogen (secondary N) is 1. The van der Waals surface area contributed by atoms with Crippen LogP contribution in [0.2, 0.25) is 0 Å². The average Bonchev–Trinajstić information content (AvgIpc) is 2.92. The summed E-state index contributed by atoms with van der Waals surface area (Å²) in [5, 5.41) is 11.1. The monoisotopic (exact) mass is 289 g/mol. The van der Waals surface area contributed by atoms with Crippen molar-refractivity contribution in [2.75, 3.05) is 31.6 Å². The molecule has 0 aliphatic carbocycles. The van der Waals surface area contributed by atoms with Crippen LogP contribution in [0.1, 0.15) is 11.7 Å². The molecule has 0 saturated carbocycles. The summed E-state index contributed by atoms with van der Waals surface area (Å²) < 4.78 is 11.3. The first-order valence-electron chi connectivity index (χ1n) is 7.06. The van der Waals surface area contributed by atoms with Gasteiger partial charge in [-0.15, -0.1) is 5.10 Å². The number of morpholine rings is 1. The minimum Gasteiger partial charge on any atom is -0.445 e. The van der Waals surface area contributed by atoms with Crippen molar-refractivity contribution in [3.05, 3.63) is 36.2 Å². The number of anilines is 1. The highest BCUT2D eigenvalue weighted by atomic mass is 16.5. The Labute approximate surface area is 123 Å². The van der Waals surface area contributed by atoms with Gasteiger partial charge in [-0.1, -0.05) is 0 Å². The van der Waals surface area contributed by atoms with Crippen molar-refractivity contribution in [2.24, 2.45) is 0 Å². The topological polar surface area (TPSA) is 76.3 Å². The highest BCUT2D eigenvalue weighted by molar-refractivity contribution is 5.31. The van der Waals surface area contributed by atoms with Gasteiger partial charge in [0.15, 0.2) is 0 Å². The van der Waals surface area contributed by atoms with E-state index >= 15 is 0 Å². The van der Waals surface area contributed by atoms with E-state index < -0.39 is 0 Å². The van der Waals surface area contributed by atoms with Crippen molar-refractivity contribution in [3.63, 3.8) is 0 Å². The van der Waals surface area contributed by atoms with Gasteiger partial charge in [0.2, 0.25) is 5.89 Å². The van der Waals surface area contributed by atoms with Crippen LogP contribution in [0.3, 0.4) is 0 Å². The van der Waals surface area contributed by atoms with E-state index in [1.54, 1.807) is 12.4 Å². The van der Waals surface area contributed by atoms with Crippen LogP contribution in [-0.2, 0) is 11.3 Å². The van der Waals surface area contributed by atoms with Gasteiger partial charge < -0.3 is 14.5 Å². The molecule has 1 aliphatic heterocycles. The standard InChI is InChI=1S/C14H19N5O2/c1-11-7-16-14(21-11)10-19-5-6-20-12(9-19)8-15-13-3-2-4-17-18-13/h2-4,7,12H,5-6,8-10H2,1H3,(H,15,18)/t12-/m1/s1. The molecule has 1 aliphatic rings. The molecule has 0 bridgehead atoms. The lowest BCUT2D eigenvalue weighted by atomic mass is 10.2. The Morgan fingerprint density at radius 2 is 2.43 bits per heavy atom. The molecule has 2 aromatic rings. The first-order valence-corrected chi connectivity index (χ1v) is 7.06. The Balaban J connectivity index is 1.49. The van der Waals surface area contributed by atoms with E-state index in [0.29, 0.717) is 13.2 Å². The summed E-state index contributed by atoms with van der Waals surface area (Å²) in [6.07, 6.45) is 3.53. The van der Waals surface area contributed by atoms with Gasteiger partial charge in [-0.25, -0.2) is 4.98 Å². The number of rotatable bonds is 5. The van der Waals surface area contributed by atoms with E-state index in [9.17, 15) is 0 Å². The van der Waals surface area contributed by atoms with E-state index in [-0.39, 0.29) is 6.10 Å². The first-order chi connectivity index (χ1) is 10.3. The molecule has 1 saturated heterocycles. The molecule has 7 heteroatoms. The molecule has 1 atom stereocenters. The second-order valence-electron chi connectivity index (χ2n) is 5.08. The van der Waals surface area contributed by atoms with Gasteiger partial charge >= 0.3 is 0 Å². The summed E-state index contributed by atoms with van der Waals surface area (Å²) >= 11 is 0. The Hall–Kier alpha value is -1.99. The van der Waals surface area contributed by atoms with Crippen LogP contribution < -0.4 is 5.32 Å². The number of oxazole rings is 1. The average molecular weight is 289 g/mol. The molecule has 0 aromatic carbocycles. The molecule has 0 spiro atoms. The fourth-order valence-corrected chi connectivity index (χ4v) is 2.33. The van der Waals surface area contributed by atoms with E-state index in [4.69, 9.17) is 9.15 Å². The minimum absolute atomic E-state index is 0.122. The van der Waals surface area contributed by atoms with Gasteiger partial charge in [0.25, 0.3) is 0 Å². The molecule has 0 unspecified atom stereocenters. The zero-order valence-electron chi connectivity index (χ0n) is 12.0. The van der Waals surface area contributed by atoms with Crippen LogP contribution in [0.4, 0.5) is 5.82 Å². The van der Waals surface area contributed by atoms with Gasteiger partial charge in [-0.2, -0.15) is 5.10 Å². The lowest BCUT2D eigenvalue weighted by Crippen LogP contribution is -2.44. The molecule has 0 radical (unpaired) electrons. The molecule has 3 heterocycles. The van der Waals surface area contributed by atoms with Crippen molar-refractivity contribution in [1.29, 1.82) is 0 Å². The summed E-state index contributed by atoms with van der Waals surface area (Å²) in [6.45, 7) is 5.78. The third-order valence-electron chi connectivity index (χ3n) is 3.33. The maximum absolute atomic E-state index is 5.77. The van der Waals surface area contributed by atoms with Gasteiger partial charge in [-0.05, 0) is 19.1 Å². The Morgan fingerprint density at radius 1 is 1.48 bits per heavy atom. The molecule has 7 nitrogen and oxygen atoms in total. The number of aromatic nitrogens is 3. The zero-order chi connectivity index (χ0) is 14.5. The Kier molecular flexibility index (Phi) is 4.42. The highest BCUT2D eigenvalue weighted by Crippen LogP contribution is 2.11. The van der Waals surface area contributed by atoms with Crippen molar-refractivity contribution >= 4 is 5.82 Å². The predicted molar refractivity (Wildman–Crippen MR) is 76.8 cm³/mol. The van der Waals surface area contributed by atoms with Crippen molar-refractivity contribution in [3.8, 4) is 0 Å². The zero-order valence-corrected chi connectivity index (χ0v) is 12.0. The number of hydrogen-bond donors (Lipinski definition) is 1. The van der Waals surface area contributed by atoms with E-state index in [0.717, 1.165) is 37.1 Å². The fourth-order valence-electron chi connectivity index (χ4n) is 2.33.